The van der Waals surface area contributed by atoms with Gasteiger partial charge in [0, 0.05) is 13.1 Å². The molecular formula is C11H21N3O4. The number of hydrazine groups is 1. The Morgan fingerprint density at radius 2 is 2.33 bits per heavy atom. The molecule has 0 aromatic heterocycles. The lowest BCUT2D eigenvalue weighted by molar-refractivity contribution is -0.133. The molecule has 0 saturated carbocycles. The minimum Gasteiger partial charge on any atom is -0.395 e. The van der Waals surface area contributed by atoms with E-state index in [0.717, 1.165) is 19.5 Å². The van der Waals surface area contributed by atoms with Gasteiger partial charge in [0.15, 0.2) is 0 Å². The van der Waals surface area contributed by atoms with Crippen molar-refractivity contribution >= 4 is 5.91 Å². The molecule has 0 aromatic rings. The first-order valence-electron chi connectivity index (χ1n) is 6.33. The van der Waals surface area contributed by atoms with Crippen LogP contribution in [0, 0.1) is 0 Å². The van der Waals surface area contributed by atoms with E-state index in [1.807, 2.05) is 0 Å². The molecule has 0 radical (unpaired) electrons. The van der Waals surface area contributed by atoms with Gasteiger partial charge in [0.1, 0.15) is 6.10 Å². The molecule has 1 amide bonds. The average molecular weight is 259 g/mol. The first kappa shape index (κ1) is 13.7. The molecule has 18 heavy (non-hydrogen) atoms. The molecule has 104 valence electrons. The molecule has 2 saturated heterocycles. The summed E-state index contributed by atoms with van der Waals surface area (Å²) in [7, 11) is 0. The minimum atomic E-state index is -0.436. The van der Waals surface area contributed by atoms with Gasteiger partial charge in [0.2, 0.25) is 0 Å². The minimum absolute atomic E-state index is 0.0273. The fourth-order valence-corrected chi connectivity index (χ4v) is 2.49. The molecule has 2 heterocycles. The Kier molecular flexibility index (Phi) is 4.90. The molecule has 0 spiro atoms. The van der Waals surface area contributed by atoms with Crippen LogP contribution >= 0.6 is 0 Å². The van der Waals surface area contributed by atoms with Crippen LogP contribution in [0.3, 0.4) is 0 Å². The van der Waals surface area contributed by atoms with E-state index in [4.69, 9.17) is 15.3 Å². The second-order valence-corrected chi connectivity index (χ2v) is 4.74. The van der Waals surface area contributed by atoms with Gasteiger partial charge in [0.25, 0.3) is 5.91 Å². The van der Waals surface area contributed by atoms with E-state index >= 15 is 0 Å². The predicted octanol–water partition coefficient (Wildman–Crippen LogP) is -1.78. The molecule has 2 fully saturated rings. The highest BCUT2D eigenvalue weighted by molar-refractivity contribution is 5.80. The first-order chi connectivity index (χ1) is 8.74. The van der Waals surface area contributed by atoms with E-state index in [0.29, 0.717) is 19.6 Å². The van der Waals surface area contributed by atoms with Crippen molar-refractivity contribution < 1.29 is 19.4 Å². The second-order valence-electron chi connectivity index (χ2n) is 4.74. The quantitative estimate of drug-likeness (QED) is 0.314. The highest BCUT2D eigenvalue weighted by Crippen LogP contribution is 2.21. The first-order valence-corrected chi connectivity index (χ1v) is 6.33. The third-order valence-corrected chi connectivity index (χ3v) is 3.54. The highest BCUT2D eigenvalue weighted by atomic mass is 16.5. The van der Waals surface area contributed by atoms with Crippen LogP contribution in [0.1, 0.15) is 12.8 Å². The van der Waals surface area contributed by atoms with Gasteiger partial charge in [0.05, 0.1) is 32.0 Å². The van der Waals surface area contributed by atoms with E-state index < -0.39 is 6.10 Å². The van der Waals surface area contributed by atoms with Gasteiger partial charge < -0.3 is 14.6 Å². The Labute approximate surface area is 106 Å². The number of morpholine rings is 1. The van der Waals surface area contributed by atoms with E-state index in [9.17, 15) is 9.90 Å². The summed E-state index contributed by atoms with van der Waals surface area (Å²) in [5.41, 5.74) is 2.11. The number of aliphatic hydroxyl groups excluding tert-OH is 1. The zero-order valence-corrected chi connectivity index (χ0v) is 10.4. The largest absolute Gasteiger partial charge is 0.395 e. The molecular weight excluding hydrogens is 238 g/mol. The number of nitrogens with zero attached hydrogens (tertiary/aromatic N) is 1. The van der Waals surface area contributed by atoms with Gasteiger partial charge in [-0.15, -0.1) is 0 Å². The molecule has 2 aliphatic heterocycles. The van der Waals surface area contributed by atoms with Crippen molar-refractivity contribution in [3.63, 3.8) is 0 Å². The molecule has 0 aliphatic carbocycles. The summed E-state index contributed by atoms with van der Waals surface area (Å²) in [4.78, 5) is 13.5. The van der Waals surface area contributed by atoms with Gasteiger partial charge in [-0.25, -0.2) is 5.84 Å². The summed E-state index contributed by atoms with van der Waals surface area (Å²) in [6.07, 6.45) is 1.13. The van der Waals surface area contributed by atoms with Crippen molar-refractivity contribution in [2.45, 2.75) is 31.1 Å². The molecule has 2 rings (SSSR count). The third-order valence-electron chi connectivity index (χ3n) is 3.54. The number of rotatable bonds is 4. The maximum Gasteiger partial charge on any atom is 0.263 e. The summed E-state index contributed by atoms with van der Waals surface area (Å²) in [5.74, 6) is 4.82. The fourth-order valence-electron chi connectivity index (χ4n) is 2.49. The van der Waals surface area contributed by atoms with Crippen LogP contribution in [-0.4, -0.2) is 67.1 Å². The van der Waals surface area contributed by atoms with Crippen LogP contribution in [0.4, 0.5) is 0 Å². The molecule has 3 unspecified atom stereocenters. The van der Waals surface area contributed by atoms with E-state index in [1.165, 1.54) is 0 Å². The van der Waals surface area contributed by atoms with Crippen LogP contribution in [-0.2, 0) is 14.3 Å². The number of nitrogens with one attached hydrogen (secondary N) is 1. The van der Waals surface area contributed by atoms with Gasteiger partial charge >= 0.3 is 0 Å². The standard InChI is InChI=1S/C11H21N3O4/c12-13-11(16)10-2-1-9(18-10)5-14-3-4-17-7-8(14)6-15/h8-10,15H,1-7,12H2,(H,13,16). The number of aliphatic hydroxyl groups is 1. The lowest BCUT2D eigenvalue weighted by atomic mass is 10.1. The monoisotopic (exact) mass is 259 g/mol. The Balaban J connectivity index is 1.81. The van der Waals surface area contributed by atoms with Gasteiger partial charge in [-0.2, -0.15) is 0 Å². The number of amides is 1. The Morgan fingerprint density at radius 3 is 3.06 bits per heavy atom. The topological polar surface area (TPSA) is 97.1 Å². The Hall–Kier alpha value is -0.730. The summed E-state index contributed by atoms with van der Waals surface area (Å²) in [6, 6.07) is 0.0322. The zero-order valence-electron chi connectivity index (χ0n) is 10.4. The number of carbonyl (C=O) groups is 1. The Morgan fingerprint density at radius 1 is 1.50 bits per heavy atom. The zero-order chi connectivity index (χ0) is 13.0. The lowest BCUT2D eigenvalue weighted by Crippen LogP contribution is -2.50. The average Bonchev–Trinajstić information content (AvgIpc) is 2.87. The van der Waals surface area contributed by atoms with Crippen LogP contribution in [0.25, 0.3) is 0 Å². The van der Waals surface area contributed by atoms with Crippen LogP contribution in [0.15, 0.2) is 0 Å². The number of hydrogen-bond acceptors (Lipinski definition) is 6. The number of hydrogen-bond donors (Lipinski definition) is 3. The maximum absolute atomic E-state index is 11.3. The van der Waals surface area contributed by atoms with Crippen molar-refractivity contribution in [3.8, 4) is 0 Å². The molecule has 0 aromatic carbocycles. The number of ether oxygens (including phenoxy) is 2. The van der Waals surface area contributed by atoms with Gasteiger partial charge in [-0.05, 0) is 12.8 Å². The van der Waals surface area contributed by atoms with Crippen molar-refractivity contribution in [2.75, 3.05) is 32.9 Å². The number of carbonyl (C=O) groups excluding carboxylic acids is 1. The smallest absolute Gasteiger partial charge is 0.263 e. The molecule has 4 N–H and O–H groups in total. The van der Waals surface area contributed by atoms with E-state index in [-0.39, 0.29) is 24.7 Å². The van der Waals surface area contributed by atoms with Crippen LogP contribution in [0.5, 0.6) is 0 Å². The molecule has 2 aliphatic rings. The van der Waals surface area contributed by atoms with E-state index in [1.54, 1.807) is 0 Å². The van der Waals surface area contributed by atoms with Crippen molar-refractivity contribution in [1.82, 2.24) is 10.3 Å². The summed E-state index contributed by atoms with van der Waals surface area (Å²) >= 11 is 0. The van der Waals surface area contributed by atoms with Crippen molar-refractivity contribution in [1.29, 1.82) is 0 Å². The van der Waals surface area contributed by atoms with Crippen molar-refractivity contribution in [2.24, 2.45) is 5.84 Å². The molecule has 7 nitrogen and oxygen atoms in total. The second kappa shape index (κ2) is 6.44. The van der Waals surface area contributed by atoms with Crippen molar-refractivity contribution in [3.05, 3.63) is 0 Å². The fraction of sp³-hybridized carbons (Fsp3) is 0.909. The Bertz CT molecular complexity index is 289. The third kappa shape index (κ3) is 3.18. The van der Waals surface area contributed by atoms with Gasteiger partial charge in [-0.3, -0.25) is 15.1 Å². The summed E-state index contributed by atoms with van der Waals surface area (Å²) < 4.78 is 11.0. The molecule has 3 atom stereocenters. The van der Waals surface area contributed by atoms with Crippen LogP contribution < -0.4 is 11.3 Å². The lowest BCUT2D eigenvalue weighted by Gasteiger charge is -2.35. The SMILES string of the molecule is NNC(=O)C1CCC(CN2CCOCC2CO)O1. The maximum atomic E-state index is 11.3. The summed E-state index contributed by atoms with van der Waals surface area (Å²) in [6.45, 7) is 2.83. The molecule has 7 heteroatoms. The number of nitrogens with two attached hydrogens (primary N) is 1. The van der Waals surface area contributed by atoms with Gasteiger partial charge in [-0.1, -0.05) is 0 Å². The summed E-state index contributed by atoms with van der Waals surface area (Å²) in [5, 5.41) is 9.27. The molecule has 0 bridgehead atoms. The predicted molar refractivity (Wildman–Crippen MR) is 63.5 cm³/mol. The normalized spacial score (nSPS) is 33.6. The van der Waals surface area contributed by atoms with Crippen LogP contribution in [0.2, 0.25) is 0 Å². The highest BCUT2D eigenvalue weighted by Gasteiger charge is 2.33. The van der Waals surface area contributed by atoms with E-state index in [2.05, 4.69) is 10.3 Å².